The lowest BCUT2D eigenvalue weighted by Crippen LogP contribution is -2.43. The predicted octanol–water partition coefficient (Wildman–Crippen LogP) is 1.51. The lowest BCUT2D eigenvalue weighted by Gasteiger charge is -2.24. The summed E-state index contributed by atoms with van der Waals surface area (Å²) < 4.78 is 5.32. The second-order valence-electron chi connectivity index (χ2n) is 6.45. The van der Waals surface area contributed by atoms with E-state index in [1.807, 2.05) is 0 Å². The fourth-order valence-corrected chi connectivity index (χ4v) is 4.16. The van der Waals surface area contributed by atoms with Crippen molar-refractivity contribution < 1.29 is 19.4 Å². The van der Waals surface area contributed by atoms with Gasteiger partial charge in [0.2, 0.25) is 5.91 Å². The SMILES string of the molecule is O=C(O)C1C2CCCC2CN1C(=O)CCC1CCOC1. The van der Waals surface area contributed by atoms with Crippen LogP contribution in [-0.4, -0.2) is 47.7 Å². The normalized spacial score (nSPS) is 36.3. The van der Waals surface area contributed by atoms with Gasteiger partial charge in [-0.1, -0.05) is 6.42 Å². The highest BCUT2D eigenvalue weighted by Gasteiger charge is 2.49. The zero-order chi connectivity index (χ0) is 14.1. The molecule has 1 N–H and O–H groups in total. The molecule has 0 bridgehead atoms. The third-order valence-electron chi connectivity index (χ3n) is 5.25. The number of aliphatic carboxylic acids is 1. The van der Waals surface area contributed by atoms with Gasteiger partial charge >= 0.3 is 5.97 Å². The Morgan fingerprint density at radius 1 is 1.25 bits per heavy atom. The molecule has 112 valence electrons. The van der Waals surface area contributed by atoms with Crippen LogP contribution in [0.3, 0.4) is 0 Å². The van der Waals surface area contributed by atoms with E-state index in [0.717, 1.165) is 45.3 Å². The summed E-state index contributed by atoms with van der Waals surface area (Å²) in [5.74, 6) is 0.279. The van der Waals surface area contributed by atoms with Crippen LogP contribution in [0.15, 0.2) is 0 Å². The summed E-state index contributed by atoms with van der Waals surface area (Å²) >= 11 is 0. The van der Waals surface area contributed by atoms with Crippen LogP contribution in [0, 0.1) is 17.8 Å². The number of nitrogens with zero attached hydrogens (tertiary/aromatic N) is 1. The van der Waals surface area contributed by atoms with E-state index < -0.39 is 12.0 Å². The van der Waals surface area contributed by atoms with Crippen LogP contribution in [-0.2, 0) is 14.3 Å². The molecule has 1 aliphatic carbocycles. The lowest BCUT2D eigenvalue weighted by atomic mass is 9.94. The van der Waals surface area contributed by atoms with E-state index in [2.05, 4.69) is 0 Å². The maximum Gasteiger partial charge on any atom is 0.326 e. The molecule has 3 rings (SSSR count). The maximum absolute atomic E-state index is 12.4. The van der Waals surface area contributed by atoms with Gasteiger partial charge in [-0.15, -0.1) is 0 Å². The van der Waals surface area contributed by atoms with Gasteiger partial charge in [-0.2, -0.15) is 0 Å². The van der Waals surface area contributed by atoms with Crippen LogP contribution in [0.4, 0.5) is 0 Å². The van der Waals surface area contributed by atoms with Crippen LogP contribution < -0.4 is 0 Å². The summed E-state index contributed by atoms with van der Waals surface area (Å²) in [6, 6.07) is -0.574. The monoisotopic (exact) mass is 281 g/mol. The molecule has 2 heterocycles. The molecule has 4 unspecified atom stereocenters. The van der Waals surface area contributed by atoms with Gasteiger partial charge < -0.3 is 14.7 Å². The highest BCUT2D eigenvalue weighted by Crippen LogP contribution is 2.42. The van der Waals surface area contributed by atoms with Gasteiger partial charge in [0.15, 0.2) is 0 Å². The minimum Gasteiger partial charge on any atom is -0.480 e. The van der Waals surface area contributed by atoms with Crippen molar-refractivity contribution in [1.29, 1.82) is 0 Å². The quantitative estimate of drug-likeness (QED) is 0.848. The summed E-state index contributed by atoms with van der Waals surface area (Å²) in [6.07, 6.45) is 5.48. The number of carboxylic acids is 1. The zero-order valence-corrected chi connectivity index (χ0v) is 11.8. The Balaban J connectivity index is 1.59. The fourth-order valence-electron chi connectivity index (χ4n) is 4.16. The Labute approximate surface area is 119 Å². The summed E-state index contributed by atoms with van der Waals surface area (Å²) in [4.78, 5) is 25.5. The van der Waals surface area contributed by atoms with E-state index in [0.29, 0.717) is 24.8 Å². The summed E-state index contributed by atoms with van der Waals surface area (Å²) in [5.41, 5.74) is 0. The van der Waals surface area contributed by atoms with Gasteiger partial charge in [0, 0.05) is 26.2 Å². The van der Waals surface area contributed by atoms with Gasteiger partial charge in [0.05, 0.1) is 0 Å². The molecule has 0 aromatic carbocycles. The molecule has 1 saturated carbocycles. The molecule has 1 amide bonds. The Morgan fingerprint density at radius 3 is 2.80 bits per heavy atom. The number of rotatable bonds is 4. The molecule has 0 radical (unpaired) electrons. The summed E-state index contributed by atoms with van der Waals surface area (Å²) in [7, 11) is 0. The van der Waals surface area contributed by atoms with Crippen molar-refractivity contribution >= 4 is 11.9 Å². The maximum atomic E-state index is 12.4. The molecule has 3 aliphatic rings. The van der Waals surface area contributed by atoms with Crippen LogP contribution >= 0.6 is 0 Å². The zero-order valence-electron chi connectivity index (χ0n) is 11.8. The molecular formula is C15H23NO4. The smallest absolute Gasteiger partial charge is 0.326 e. The standard InChI is InChI=1S/C15H23NO4/c17-13(5-4-10-6-7-20-9-10)16-8-11-2-1-3-12(11)14(16)15(18)19/h10-12,14H,1-9H2,(H,18,19). The van der Waals surface area contributed by atoms with Crippen molar-refractivity contribution in [2.24, 2.45) is 17.8 Å². The first-order valence-electron chi connectivity index (χ1n) is 7.77. The van der Waals surface area contributed by atoms with Gasteiger partial charge in [0.25, 0.3) is 0 Å². The summed E-state index contributed by atoms with van der Waals surface area (Å²) in [6.45, 7) is 2.20. The Kier molecular flexibility index (Phi) is 3.96. The molecule has 2 aliphatic heterocycles. The third-order valence-corrected chi connectivity index (χ3v) is 5.25. The molecule has 4 atom stereocenters. The molecular weight excluding hydrogens is 258 g/mol. The number of likely N-dealkylation sites (tertiary alicyclic amines) is 1. The van der Waals surface area contributed by atoms with Crippen molar-refractivity contribution in [3.63, 3.8) is 0 Å². The number of fused-ring (bicyclic) bond motifs is 1. The predicted molar refractivity (Wildman–Crippen MR) is 72.1 cm³/mol. The Hall–Kier alpha value is -1.10. The minimum absolute atomic E-state index is 0.0266. The number of carbonyl (C=O) groups is 2. The van der Waals surface area contributed by atoms with Crippen molar-refractivity contribution in [2.75, 3.05) is 19.8 Å². The highest BCUT2D eigenvalue weighted by atomic mass is 16.5. The van der Waals surface area contributed by atoms with Crippen molar-refractivity contribution in [3.05, 3.63) is 0 Å². The first-order valence-corrected chi connectivity index (χ1v) is 7.77. The number of ether oxygens (including phenoxy) is 1. The Bertz CT molecular complexity index is 391. The van der Waals surface area contributed by atoms with Gasteiger partial charge in [-0.05, 0) is 43.4 Å². The number of hydrogen-bond acceptors (Lipinski definition) is 3. The average molecular weight is 281 g/mol. The van der Waals surface area contributed by atoms with E-state index in [-0.39, 0.29) is 11.8 Å². The van der Waals surface area contributed by atoms with Crippen LogP contribution in [0.25, 0.3) is 0 Å². The largest absolute Gasteiger partial charge is 0.480 e. The van der Waals surface area contributed by atoms with Crippen LogP contribution in [0.2, 0.25) is 0 Å². The molecule has 5 heteroatoms. The fraction of sp³-hybridized carbons (Fsp3) is 0.867. The van der Waals surface area contributed by atoms with Gasteiger partial charge in [-0.3, -0.25) is 4.79 Å². The number of carboxylic acid groups (broad SMARTS) is 1. The lowest BCUT2D eigenvalue weighted by molar-refractivity contribution is -0.149. The van der Waals surface area contributed by atoms with Crippen molar-refractivity contribution in [3.8, 4) is 0 Å². The van der Waals surface area contributed by atoms with E-state index >= 15 is 0 Å². The van der Waals surface area contributed by atoms with Crippen molar-refractivity contribution in [2.45, 2.75) is 44.6 Å². The van der Waals surface area contributed by atoms with Crippen LogP contribution in [0.5, 0.6) is 0 Å². The first kappa shape index (κ1) is 13.9. The second kappa shape index (κ2) is 5.72. The molecule has 2 saturated heterocycles. The summed E-state index contributed by atoms with van der Waals surface area (Å²) in [5, 5.41) is 9.45. The third kappa shape index (κ3) is 2.55. The number of hydrogen-bond donors (Lipinski definition) is 1. The molecule has 5 nitrogen and oxygen atoms in total. The molecule has 20 heavy (non-hydrogen) atoms. The Morgan fingerprint density at radius 2 is 2.10 bits per heavy atom. The number of amides is 1. The first-order chi connectivity index (χ1) is 9.66. The molecule has 0 spiro atoms. The van der Waals surface area contributed by atoms with Gasteiger partial charge in [-0.25, -0.2) is 4.79 Å². The van der Waals surface area contributed by atoms with E-state index in [1.54, 1.807) is 4.90 Å². The molecule has 3 fully saturated rings. The van der Waals surface area contributed by atoms with E-state index in [9.17, 15) is 14.7 Å². The molecule has 0 aromatic heterocycles. The van der Waals surface area contributed by atoms with Crippen molar-refractivity contribution in [1.82, 2.24) is 4.90 Å². The van der Waals surface area contributed by atoms with Gasteiger partial charge in [0.1, 0.15) is 6.04 Å². The average Bonchev–Trinajstić information content (AvgIpc) is 3.10. The minimum atomic E-state index is -0.822. The second-order valence-corrected chi connectivity index (χ2v) is 6.45. The molecule has 0 aromatic rings. The topological polar surface area (TPSA) is 66.8 Å². The van der Waals surface area contributed by atoms with E-state index in [1.165, 1.54) is 0 Å². The van der Waals surface area contributed by atoms with E-state index in [4.69, 9.17) is 4.74 Å². The highest BCUT2D eigenvalue weighted by molar-refractivity contribution is 5.84. The van der Waals surface area contributed by atoms with Crippen LogP contribution in [0.1, 0.15) is 38.5 Å². The number of carbonyl (C=O) groups excluding carboxylic acids is 1.